The maximum atomic E-state index is 9.11. The molecule has 0 aromatic rings. The number of hydrogen-bond donors (Lipinski definition) is 2. The molecule has 3 heteroatoms. The van der Waals surface area contributed by atoms with E-state index >= 15 is 0 Å². The van der Waals surface area contributed by atoms with Crippen molar-refractivity contribution in [2.45, 2.75) is 12.1 Å². The summed E-state index contributed by atoms with van der Waals surface area (Å²) in [6, 6.07) is 0.333. The van der Waals surface area contributed by atoms with Gasteiger partial charge in [0.25, 0.3) is 0 Å². The first kappa shape index (κ1) is 6.39. The number of nitrogens with one attached hydrogen (secondary N) is 1. The predicted molar refractivity (Wildman–Crippen MR) is 36.2 cm³/mol. The Hall–Kier alpha value is 0.270. The number of hydrogen-bond acceptors (Lipinski definition) is 3. The highest BCUT2D eigenvalue weighted by Gasteiger charge is 2.23. The van der Waals surface area contributed by atoms with Gasteiger partial charge in [-0.1, -0.05) is 0 Å². The minimum absolute atomic E-state index is 0.120. The Labute approximate surface area is 53.7 Å². The standard InChI is InChI=1S/C5H11NOS/c1-6-4-2-8-3-5(4)7/h4-7H,2-3H2,1H3. The van der Waals surface area contributed by atoms with Gasteiger partial charge in [0.1, 0.15) is 0 Å². The van der Waals surface area contributed by atoms with Crippen LogP contribution in [0.15, 0.2) is 0 Å². The summed E-state index contributed by atoms with van der Waals surface area (Å²) in [4.78, 5) is 0. The third kappa shape index (κ3) is 1.16. The van der Waals surface area contributed by atoms with Crippen LogP contribution in [-0.2, 0) is 0 Å². The van der Waals surface area contributed by atoms with Gasteiger partial charge in [-0.15, -0.1) is 0 Å². The first-order valence-electron chi connectivity index (χ1n) is 2.77. The number of thioether (sulfide) groups is 1. The Morgan fingerprint density at radius 3 is 2.62 bits per heavy atom. The minimum atomic E-state index is -0.120. The minimum Gasteiger partial charge on any atom is -0.391 e. The maximum Gasteiger partial charge on any atom is 0.0791 e. The number of aliphatic hydroxyl groups excluding tert-OH is 1. The summed E-state index contributed by atoms with van der Waals surface area (Å²) >= 11 is 1.80. The molecule has 1 aliphatic rings. The molecule has 0 bridgehead atoms. The molecule has 0 saturated carbocycles. The van der Waals surface area contributed by atoms with Crippen molar-refractivity contribution in [2.24, 2.45) is 0 Å². The Bertz CT molecular complexity index is 78.8. The van der Waals surface area contributed by atoms with Crippen molar-refractivity contribution in [1.82, 2.24) is 5.32 Å². The van der Waals surface area contributed by atoms with E-state index in [9.17, 15) is 0 Å². The lowest BCUT2D eigenvalue weighted by Crippen LogP contribution is -2.35. The van der Waals surface area contributed by atoms with Gasteiger partial charge in [-0.05, 0) is 7.05 Å². The summed E-state index contributed by atoms with van der Waals surface area (Å²) in [7, 11) is 1.89. The lowest BCUT2D eigenvalue weighted by atomic mass is 10.2. The third-order valence-corrected chi connectivity index (χ3v) is 2.59. The van der Waals surface area contributed by atoms with Crippen LogP contribution in [0.3, 0.4) is 0 Å². The molecule has 2 unspecified atom stereocenters. The molecule has 0 aliphatic carbocycles. The first-order chi connectivity index (χ1) is 3.84. The lowest BCUT2D eigenvalue weighted by molar-refractivity contribution is 0.170. The second-order valence-corrected chi connectivity index (χ2v) is 3.07. The molecule has 2 N–H and O–H groups in total. The molecule has 1 heterocycles. The van der Waals surface area contributed by atoms with Crippen LogP contribution in [-0.4, -0.2) is 35.8 Å². The summed E-state index contributed by atoms with van der Waals surface area (Å²) < 4.78 is 0. The van der Waals surface area contributed by atoms with E-state index in [1.54, 1.807) is 11.8 Å². The molecular weight excluding hydrogens is 122 g/mol. The molecular formula is C5H11NOS. The van der Waals surface area contributed by atoms with Gasteiger partial charge in [-0.25, -0.2) is 0 Å². The van der Waals surface area contributed by atoms with Crippen molar-refractivity contribution in [3.8, 4) is 0 Å². The van der Waals surface area contributed by atoms with Gasteiger partial charge in [-0.3, -0.25) is 0 Å². The van der Waals surface area contributed by atoms with E-state index in [0.717, 1.165) is 11.5 Å². The van der Waals surface area contributed by atoms with Gasteiger partial charge in [0.05, 0.1) is 6.10 Å². The van der Waals surface area contributed by atoms with E-state index in [-0.39, 0.29) is 6.10 Å². The summed E-state index contributed by atoms with van der Waals surface area (Å²) in [6.45, 7) is 0. The molecule has 0 spiro atoms. The smallest absolute Gasteiger partial charge is 0.0791 e. The highest BCUT2D eigenvalue weighted by molar-refractivity contribution is 7.99. The van der Waals surface area contributed by atoms with Gasteiger partial charge < -0.3 is 10.4 Å². The molecule has 0 radical (unpaired) electrons. The van der Waals surface area contributed by atoms with Gasteiger partial charge in [0, 0.05) is 17.5 Å². The van der Waals surface area contributed by atoms with Gasteiger partial charge in [-0.2, -0.15) is 11.8 Å². The Morgan fingerprint density at radius 1 is 1.62 bits per heavy atom. The summed E-state index contributed by atoms with van der Waals surface area (Å²) in [5.41, 5.74) is 0. The average Bonchev–Trinajstić information content (AvgIpc) is 2.14. The number of likely N-dealkylation sites (N-methyl/N-ethyl adjacent to an activating group) is 1. The molecule has 1 fully saturated rings. The molecule has 0 aromatic carbocycles. The van der Waals surface area contributed by atoms with Crippen LogP contribution in [0, 0.1) is 0 Å². The average molecular weight is 133 g/mol. The Kier molecular flexibility index (Phi) is 2.16. The van der Waals surface area contributed by atoms with Crippen molar-refractivity contribution in [1.29, 1.82) is 0 Å². The maximum absolute atomic E-state index is 9.11. The summed E-state index contributed by atoms with van der Waals surface area (Å²) in [5.74, 6) is 1.95. The first-order valence-corrected chi connectivity index (χ1v) is 3.93. The summed E-state index contributed by atoms with van der Waals surface area (Å²) in [6.07, 6.45) is -0.120. The topological polar surface area (TPSA) is 32.3 Å². The quantitative estimate of drug-likeness (QED) is 0.514. The van der Waals surface area contributed by atoms with Crippen molar-refractivity contribution >= 4 is 11.8 Å². The van der Waals surface area contributed by atoms with Crippen LogP contribution >= 0.6 is 11.8 Å². The zero-order valence-corrected chi connectivity index (χ0v) is 5.74. The van der Waals surface area contributed by atoms with Crippen LogP contribution in [0.5, 0.6) is 0 Å². The molecule has 0 amide bonds. The second-order valence-electron chi connectivity index (χ2n) is 2.00. The Balaban J connectivity index is 2.30. The molecule has 0 aromatic heterocycles. The second kappa shape index (κ2) is 2.71. The molecule has 48 valence electrons. The summed E-state index contributed by atoms with van der Waals surface area (Å²) in [5, 5.41) is 12.1. The van der Waals surface area contributed by atoms with Crippen LogP contribution in [0.4, 0.5) is 0 Å². The largest absolute Gasteiger partial charge is 0.391 e. The zero-order chi connectivity index (χ0) is 5.98. The van der Waals surface area contributed by atoms with E-state index < -0.39 is 0 Å². The van der Waals surface area contributed by atoms with Crippen LogP contribution in [0.2, 0.25) is 0 Å². The van der Waals surface area contributed by atoms with Crippen LogP contribution < -0.4 is 5.32 Å². The van der Waals surface area contributed by atoms with Crippen molar-refractivity contribution < 1.29 is 5.11 Å². The molecule has 8 heavy (non-hydrogen) atoms. The van der Waals surface area contributed by atoms with E-state index in [0.29, 0.717) is 6.04 Å². The van der Waals surface area contributed by atoms with E-state index in [2.05, 4.69) is 5.32 Å². The van der Waals surface area contributed by atoms with Gasteiger partial charge >= 0.3 is 0 Å². The fourth-order valence-corrected chi connectivity index (χ4v) is 2.07. The highest BCUT2D eigenvalue weighted by atomic mass is 32.2. The van der Waals surface area contributed by atoms with Gasteiger partial charge in [0.2, 0.25) is 0 Å². The SMILES string of the molecule is CNC1CSCC1O. The normalized spacial score (nSPS) is 38.2. The molecule has 2 atom stereocenters. The van der Waals surface area contributed by atoms with Crippen molar-refractivity contribution in [2.75, 3.05) is 18.6 Å². The van der Waals surface area contributed by atoms with Gasteiger partial charge in [0.15, 0.2) is 0 Å². The van der Waals surface area contributed by atoms with Crippen LogP contribution in [0.1, 0.15) is 0 Å². The third-order valence-electron chi connectivity index (χ3n) is 1.42. The molecule has 1 aliphatic heterocycles. The highest BCUT2D eigenvalue weighted by Crippen LogP contribution is 2.16. The monoisotopic (exact) mass is 133 g/mol. The van der Waals surface area contributed by atoms with E-state index in [4.69, 9.17) is 5.11 Å². The van der Waals surface area contributed by atoms with Crippen molar-refractivity contribution in [3.63, 3.8) is 0 Å². The number of rotatable bonds is 1. The fourth-order valence-electron chi connectivity index (χ4n) is 0.819. The van der Waals surface area contributed by atoms with Crippen LogP contribution in [0.25, 0.3) is 0 Å². The fraction of sp³-hybridized carbons (Fsp3) is 1.00. The lowest BCUT2D eigenvalue weighted by Gasteiger charge is -2.10. The molecule has 2 nitrogen and oxygen atoms in total. The molecule has 1 saturated heterocycles. The molecule has 1 rings (SSSR count). The zero-order valence-electron chi connectivity index (χ0n) is 4.92. The van der Waals surface area contributed by atoms with E-state index in [1.165, 1.54) is 0 Å². The van der Waals surface area contributed by atoms with Crippen molar-refractivity contribution in [3.05, 3.63) is 0 Å². The van der Waals surface area contributed by atoms with E-state index in [1.807, 2.05) is 7.05 Å². The Morgan fingerprint density at radius 2 is 2.38 bits per heavy atom. The predicted octanol–water partition coefficient (Wildman–Crippen LogP) is -0.318. The number of aliphatic hydroxyl groups is 1.